The second-order valence-electron chi connectivity index (χ2n) is 10.7. The molecular formula is C30H37F3N4O5S. The fraction of sp³-hybridized carbons (Fsp3) is 0.433. The van der Waals surface area contributed by atoms with Crippen LogP contribution in [0.5, 0.6) is 0 Å². The normalized spacial score (nSPS) is 12.7. The second kappa shape index (κ2) is 13.6. The number of unbranched alkanes of at least 4 members (excludes halogenated alkanes) is 1. The van der Waals surface area contributed by atoms with Gasteiger partial charge in [-0.3, -0.25) is 9.59 Å². The van der Waals surface area contributed by atoms with E-state index in [2.05, 4.69) is 15.2 Å². The van der Waals surface area contributed by atoms with Gasteiger partial charge in [0.05, 0.1) is 16.2 Å². The second-order valence-corrected chi connectivity index (χ2v) is 12.4. The Morgan fingerprint density at radius 3 is 2.33 bits per heavy atom. The first-order valence-electron chi connectivity index (χ1n) is 13.9. The molecule has 43 heavy (non-hydrogen) atoms. The van der Waals surface area contributed by atoms with E-state index in [-0.39, 0.29) is 45.8 Å². The van der Waals surface area contributed by atoms with Gasteiger partial charge in [0.2, 0.25) is 17.7 Å². The predicted octanol–water partition coefficient (Wildman–Crippen LogP) is 6.07. The standard InChI is InChI=1S/C30H37F3N4O5S/c1-7-8-13-26(38)37(6)27(18(2)3)28(39)34-17-21-14-15-22(24(16-21)30(31,32)33)23-11-9-10-12-25(23)43(40,41)36-29-19(4)20(5)35-42-29/h9-12,14-16,18,27,36H,7-8,13,17H2,1-6H3,(H,34,39)/t27-/m0/s1. The van der Waals surface area contributed by atoms with Crippen LogP contribution in [-0.2, 0) is 32.3 Å². The van der Waals surface area contributed by atoms with Crippen LogP contribution in [0, 0.1) is 19.8 Å². The van der Waals surface area contributed by atoms with Gasteiger partial charge < -0.3 is 14.7 Å². The third-order valence-electron chi connectivity index (χ3n) is 7.16. The van der Waals surface area contributed by atoms with Crippen LogP contribution in [0.3, 0.4) is 0 Å². The maximum absolute atomic E-state index is 14.4. The largest absolute Gasteiger partial charge is 0.417 e. The van der Waals surface area contributed by atoms with Crippen LogP contribution in [-0.4, -0.2) is 43.4 Å². The highest BCUT2D eigenvalue weighted by Gasteiger charge is 2.36. The molecule has 2 aromatic carbocycles. The minimum Gasteiger partial charge on any atom is -0.350 e. The molecule has 3 rings (SSSR count). The van der Waals surface area contributed by atoms with Gasteiger partial charge in [0.1, 0.15) is 6.04 Å². The zero-order chi connectivity index (χ0) is 32.1. The van der Waals surface area contributed by atoms with Crippen molar-refractivity contribution in [1.29, 1.82) is 0 Å². The van der Waals surface area contributed by atoms with Crippen molar-refractivity contribution in [2.45, 2.75) is 77.5 Å². The third kappa shape index (κ3) is 7.95. The van der Waals surface area contributed by atoms with Crippen molar-refractivity contribution in [2.24, 2.45) is 5.92 Å². The molecule has 0 aliphatic rings. The number of carbonyl (C=O) groups is 2. The van der Waals surface area contributed by atoms with Gasteiger partial charge in [-0.2, -0.15) is 13.2 Å². The number of sulfonamides is 1. The van der Waals surface area contributed by atoms with Crippen LogP contribution < -0.4 is 10.0 Å². The summed E-state index contributed by atoms with van der Waals surface area (Å²) in [5.41, 5.74) is -0.532. The summed E-state index contributed by atoms with van der Waals surface area (Å²) in [6.07, 6.45) is -3.04. The highest BCUT2D eigenvalue weighted by Crippen LogP contribution is 2.40. The molecule has 0 aliphatic carbocycles. The van der Waals surface area contributed by atoms with E-state index < -0.39 is 33.7 Å². The molecule has 2 N–H and O–H groups in total. The number of hydrogen-bond donors (Lipinski definition) is 2. The Morgan fingerprint density at radius 2 is 1.74 bits per heavy atom. The number of likely N-dealkylation sites (N-methyl/N-ethyl adjacent to an activating group) is 1. The molecule has 1 aromatic heterocycles. The summed E-state index contributed by atoms with van der Waals surface area (Å²) in [5.74, 6) is -1.04. The first-order chi connectivity index (χ1) is 20.1. The van der Waals surface area contributed by atoms with Crippen LogP contribution >= 0.6 is 0 Å². The van der Waals surface area contributed by atoms with Gasteiger partial charge in [-0.15, -0.1) is 0 Å². The average molecular weight is 623 g/mol. The Hall–Kier alpha value is -3.87. The Morgan fingerprint density at radius 1 is 1.07 bits per heavy atom. The van der Waals surface area contributed by atoms with E-state index in [9.17, 15) is 31.2 Å². The zero-order valence-corrected chi connectivity index (χ0v) is 25.8. The van der Waals surface area contributed by atoms with E-state index >= 15 is 0 Å². The SMILES string of the molecule is CCCCC(=O)N(C)[C@H](C(=O)NCc1ccc(-c2ccccc2S(=O)(=O)Nc2onc(C)c2C)c(C(F)(F)F)c1)C(C)C. The maximum Gasteiger partial charge on any atom is 0.417 e. The molecule has 9 nitrogen and oxygen atoms in total. The Bertz CT molecular complexity index is 1570. The van der Waals surface area contributed by atoms with Gasteiger partial charge in [0.25, 0.3) is 10.0 Å². The summed E-state index contributed by atoms with van der Waals surface area (Å²) in [7, 11) is -2.83. The summed E-state index contributed by atoms with van der Waals surface area (Å²) >= 11 is 0. The van der Waals surface area contributed by atoms with Crippen molar-refractivity contribution in [2.75, 3.05) is 11.8 Å². The number of carbonyl (C=O) groups excluding carboxylic acids is 2. The molecule has 234 valence electrons. The molecule has 2 amide bonds. The molecule has 1 atom stereocenters. The fourth-order valence-corrected chi connectivity index (χ4v) is 5.93. The first-order valence-corrected chi connectivity index (χ1v) is 15.3. The van der Waals surface area contributed by atoms with Gasteiger partial charge in [-0.05, 0) is 49.4 Å². The van der Waals surface area contributed by atoms with Crippen LogP contribution in [0.25, 0.3) is 11.1 Å². The molecule has 0 aliphatic heterocycles. The van der Waals surface area contributed by atoms with Crippen LogP contribution in [0.4, 0.5) is 19.1 Å². The smallest absolute Gasteiger partial charge is 0.350 e. The summed E-state index contributed by atoms with van der Waals surface area (Å²) in [4.78, 5) is 26.6. The lowest BCUT2D eigenvalue weighted by atomic mass is 9.96. The number of hydrogen-bond acceptors (Lipinski definition) is 6. The molecule has 1 heterocycles. The number of anilines is 1. The van der Waals surface area contributed by atoms with Gasteiger partial charge >= 0.3 is 6.18 Å². The maximum atomic E-state index is 14.4. The quantitative estimate of drug-likeness (QED) is 0.253. The number of benzene rings is 2. The van der Waals surface area contributed by atoms with Crippen LogP contribution in [0.15, 0.2) is 51.9 Å². The van der Waals surface area contributed by atoms with Crippen molar-refractivity contribution in [1.82, 2.24) is 15.4 Å². The van der Waals surface area contributed by atoms with Gasteiger partial charge in [0.15, 0.2) is 0 Å². The lowest BCUT2D eigenvalue weighted by molar-refractivity contribution is -0.140. The lowest BCUT2D eigenvalue weighted by Gasteiger charge is -2.30. The first kappa shape index (κ1) is 33.6. The molecule has 0 fully saturated rings. The van der Waals surface area contributed by atoms with E-state index in [0.29, 0.717) is 24.1 Å². The van der Waals surface area contributed by atoms with Crippen molar-refractivity contribution >= 4 is 27.7 Å². The summed E-state index contributed by atoms with van der Waals surface area (Å²) in [5, 5.41) is 6.37. The van der Waals surface area contributed by atoms with Gasteiger partial charge in [-0.1, -0.05) is 62.7 Å². The number of aryl methyl sites for hydroxylation is 1. The van der Waals surface area contributed by atoms with Crippen LogP contribution in [0.2, 0.25) is 0 Å². The summed E-state index contributed by atoms with van der Waals surface area (Å²) < 4.78 is 76.9. The summed E-state index contributed by atoms with van der Waals surface area (Å²) in [6.45, 7) is 8.52. The van der Waals surface area contributed by atoms with Gasteiger partial charge in [0, 0.05) is 31.1 Å². The summed E-state index contributed by atoms with van der Waals surface area (Å²) in [6, 6.07) is 8.00. The number of rotatable bonds is 12. The number of amides is 2. The van der Waals surface area contributed by atoms with Crippen molar-refractivity contribution < 1.29 is 35.7 Å². The molecule has 3 aromatic rings. The number of alkyl halides is 3. The molecule has 0 saturated carbocycles. The molecule has 0 saturated heterocycles. The average Bonchev–Trinajstić information content (AvgIpc) is 3.25. The van der Waals surface area contributed by atoms with Crippen LogP contribution in [0.1, 0.15) is 62.4 Å². The predicted molar refractivity (Wildman–Crippen MR) is 156 cm³/mol. The fourth-order valence-electron chi connectivity index (χ4n) is 4.66. The molecule has 13 heteroatoms. The Kier molecular flexibility index (Phi) is 10.7. The van der Waals surface area contributed by atoms with E-state index in [1.54, 1.807) is 34.7 Å². The molecule has 0 radical (unpaired) electrons. The lowest BCUT2D eigenvalue weighted by Crippen LogP contribution is -2.50. The molecule has 0 spiro atoms. The highest BCUT2D eigenvalue weighted by molar-refractivity contribution is 7.92. The van der Waals surface area contributed by atoms with E-state index in [1.807, 2.05) is 6.92 Å². The number of nitrogens with one attached hydrogen (secondary N) is 2. The topological polar surface area (TPSA) is 122 Å². The monoisotopic (exact) mass is 622 g/mol. The van der Waals surface area contributed by atoms with Crippen molar-refractivity contribution in [3.05, 3.63) is 64.8 Å². The number of nitrogens with zero attached hydrogens (tertiary/aromatic N) is 2. The van der Waals surface area contributed by atoms with Gasteiger partial charge in [-0.25, -0.2) is 13.1 Å². The van der Waals surface area contributed by atoms with Crippen molar-refractivity contribution in [3.63, 3.8) is 0 Å². The van der Waals surface area contributed by atoms with E-state index in [0.717, 1.165) is 12.5 Å². The van der Waals surface area contributed by atoms with E-state index in [4.69, 9.17) is 4.52 Å². The Balaban J connectivity index is 1.93. The minimum atomic E-state index is -4.84. The van der Waals surface area contributed by atoms with E-state index in [1.165, 1.54) is 41.3 Å². The number of aromatic nitrogens is 1. The highest BCUT2D eigenvalue weighted by atomic mass is 32.2. The zero-order valence-electron chi connectivity index (χ0n) is 25.0. The molecule has 0 unspecified atom stereocenters. The molecular weight excluding hydrogens is 585 g/mol. The Labute approximate surface area is 249 Å². The minimum absolute atomic E-state index is 0.133. The molecule has 0 bridgehead atoms. The third-order valence-corrected chi connectivity index (χ3v) is 8.55. The van der Waals surface area contributed by atoms with Crippen molar-refractivity contribution in [3.8, 4) is 11.1 Å². The number of halogens is 3.